The molecule has 2 N–H and O–H groups in total. The van der Waals surface area contributed by atoms with Gasteiger partial charge >= 0.3 is 0 Å². The van der Waals surface area contributed by atoms with E-state index >= 15 is 0 Å². The summed E-state index contributed by atoms with van der Waals surface area (Å²) in [6.07, 6.45) is 4.49. The summed E-state index contributed by atoms with van der Waals surface area (Å²) in [4.78, 5) is 11.8. The molecule has 3 rings (SSSR count). The average molecular weight is 269 g/mol. The van der Waals surface area contributed by atoms with Crippen LogP contribution in [-0.2, 0) is 4.79 Å². The number of carbonyl (C=O) groups excluding carboxylic acids is 1. The van der Waals surface area contributed by atoms with Crippen molar-refractivity contribution in [3.63, 3.8) is 0 Å². The van der Waals surface area contributed by atoms with E-state index in [9.17, 15) is 9.90 Å². The van der Waals surface area contributed by atoms with E-state index < -0.39 is 0 Å². The highest BCUT2D eigenvalue weighted by atomic mass is 16.3. The maximum absolute atomic E-state index is 11.8. The van der Waals surface area contributed by atoms with E-state index in [-0.39, 0.29) is 17.5 Å². The zero-order valence-electron chi connectivity index (χ0n) is 10.9. The molecule has 0 fully saturated rings. The normalized spacial score (nSPS) is 18.7. The number of phenolic OH excluding ortho intramolecular Hbond substituents is 1. The van der Waals surface area contributed by atoms with Gasteiger partial charge in [0.15, 0.2) is 5.78 Å². The molecule has 0 bridgehead atoms. The molecule has 0 amide bonds. The number of aromatic hydroxyl groups is 1. The van der Waals surface area contributed by atoms with E-state index in [1.54, 1.807) is 36.6 Å². The summed E-state index contributed by atoms with van der Waals surface area (Å²) >= 11 is 0. The molecule has 2 aromatic rings. The van der Waals surface area contributed by atoms with Gasteiger partial charge in [0, 0.05) is 29.8 Å². The Kier molecular flexibility index (Phi) is 3.29. The highest BCUT2D eigenvalue weighted by molar-refractivity contribution is 5.92. The lowest BCUT2D eigenvalue weighted by atomic mass is 9.89. The number of furan rings is 1. The van der Waals surface area contributed by atoms with Crippen LogP contribution >= 0.6 is 0 Å². The minimum absolute atomic E-state index is 0.0853. The highest BCUT2D eigenvalue weighted by Crippen LogP contribution is 2.32. The van der Waals surface area contributed by atoms with E-state index in [1.807, 2.05) is 12.1 Å². The molecule has 4 nitrogen and oxygen atoms in total. The Morgan fingerprint density at radius 2 is 1.95 bits per heavy atom. The first-order valence-corrected chi connectivity index (χ1v) is 6.53. The van der Waals surface area contributed by atoms with Crippen molar-refractivity contribution in [1.29, 1.82) is 0 Å². The van der Waals surface area contributed by atoms with Crippen molar-refractivity contribution in [2.75, 3.05) is 5.32 Å². The highest BCUT2D eigenvalue weighted by Gasteiger charge is 2.24. The molecule has 20 heavy (non-hydrogen) atoms. The number of phenols is 1. The molecule has 0 unspecified atom stereocenters. The zero-order chi connectivity index (χ0) is 13.9. The number of hydrogen-bond acceptors (Lipinski definition) is 4. The first-order chi connectivity index (χ1) is 9.70. The first kappa shape index (κ1) is 12.5. The summed E-state index contributed by atoms with van der Waals surface area (Å²) in [5.74, 6) is 1.25. The molecule has 0 aliphatic heterocycles. The largest absolute Gasteiger partial charge is 0.508 e. The van der Waals surface area contributed by atoms with Crippen LogP contribution in [0.1, 0.15) is 24.5 Å². The van der Waals surface area contributed by atoms with Crippen LogP contribution in [0.3, 0.4) is 0 Å². The Morgan fingerprint density at radius 3 is 2.65 bits per heavy atom. The standard InChI is InChI=1S/C16H15NO3/c18-14-5-3-12(4-6-14)17-13-8-11(9-15(19)10-13)16-2-1-7-20-16/h1-7,10-11,17-18H,8-9H2/t11-/m1/s1. The third kappa shape index (κ3) is 2.74. The maximum atomic E-state index is 11.8. The van der Waals surface area contributed by atoms with E-state index in [0.717, 1.165) is 23.6 Å². The maximum Gasteiger partial charge on any atom is 0.158 e. The number of ketones is 1. The molecule has 0 radical (unpaired) electrons. The third-order valence-corrected chi connectivity index (χ3v) is 3.37. The summed E-state index contributed by atoms with van der Waals surface area (Å²) < 4.78 is 5.40. The number of allylic oxidation sites excluding steroid dienone is 2. The predicted octanol–water partition coefficient (Wildman–Crippen LogP) is 3.43. The lowest BCUT2D eigenvalue weighted by Crippen LogP contribution is -2.16. The number of hydrogen-bond donors (Lipinski definition) is 2. The Balaban J connectivity index is 1.76. The van der Waals surface area contributed by atoms with Gasteiger partial charge in [-0.2, -0.15) is 0 Å². The van der Waals surface area contributed by atoms with Gasteiger partial charge in [-0.1, -0.05) is 0 Å². The second-order valence-electron chi connectivity index (χ2n) is 4.93. The summed E-state index contributed by atoms with van der Waals surface area (Å²) in [6, 6.07) is 10.5. The van der Waals surface area contributed by atoms with Gasteiger partial charge in [0.05, 0.1) is 6.26 Å². The van der Waals surface area contributed by atoms with Gasteiger partial charge in [-0.25, -0.2) is 0 Å². The van der Waals surface area contributed by atoms with E-state index in [2.05, 4.69) is 5.32 Å². The van der Waals surface area contributed by atoms with Crippen molar-refractivity contribution in [1.82, 2.24) is 0 Å². The Labute approximate surface area is 116 Å². The molecule has 102 valence electrons. The van der Waals surface area contributed by atoms with Crippen molar-refractivity contribution >= 4 is 11.5 Å². The minimum atomic E-state index is 0.0853. The zero-order valence-corrected chi connectivity index (χ0v) is 10.9. The second kappa shape index (κ2) is 5.25. The van der Waals surface area contributed by atoms with Crippen LogP contribution in [0.4, 0.5) is 5.69 Å². The van der Waals surface area contributed by atoms with Crippen molar-refractivity contribution in [2.45, 2.75) is 18.8 Å². The summed E-state index contributed by atoms with van der Waals surface area (Å²) in [6.45, 7) is 0. The molecule has 1 aliphatic carbocycles. The van der Waals surface area contributed by atoms with Crippen molar-refractivity contribution in [2.24, 2.45) is 0 Å². The second-order valence-corrected chi connectivity index (χ2v) is 4.93. The fourth-order valence-corrected chi connectivity index (χ4v) is 2.43. The Morgan fingerprint density at radius 1 is 1.15 bits per heavy atom. The van der Waals surface area contributed by atoms with Crippen molar-refractivity contribution in [3.05, 3.63) is 60.2 Å². The van der Waals surface area contributed by atoms with Gasteiger partial charge in [-0.15, -0.1) is 0 Å². The molecule has 1 atom stereocenters. The number of carbonyl (C=O) groups is 1. The topological polar surface area (TPSA) is 62.5 Å². The van der Waals surface area contributed by atoms with Crippen molar-refractivity contribution < 1.29 is 14.3 Å². The fraction of sp³-hybridized carbons (Fsp3) is 0.188. The SMILES string of the molecule is O=C1C=C(Nc2ccc(O)cc2)C[C@@H](c2ccco2)C1. The van der Waals surface area contributed by atoms with Crippen LogP contribution in [0.15, 0.2) is 58.9 Å². The number of rotatable bonds is 3. The molecular weight excluding hydrogens is 254 g/mol. The molecular formula is C16H15NO3. The minimum Gasteiger partial charge on any atom is -0.508 e. The fourth-order valence-electron chi connectivity index (χ4n) is 2.43. The number of benzene rings is 1. The summed E-state index contributed by atoms with van der Waals surface area (Å²) in [7, 11) is 0. The van der Waals surface area contributed by atoms with Crippen LogP contribution in [0.25, 0.3) is 0 Å². The number of anilines is 1. The van der Waals surface area contributed by atoms with Gasteiger partial charge in [0.25, 0.3) is 0 Å². The summed E-state index contributed by atoms with van der Waals surface area (Å²) in [5.41, 5.74) is 1.72. The number of nitrogens with one attached hydrogen (secondary N) is 1. The van der Waals surface area contributed by atoms with Gasteiger partial charge in [0.2, 0.25) is 0 Å². The molecule has 1 heterocycles. The van der Waals surface area contributed by atoms with Crippen LogP contribution in [-0.4, -0.2) is 10.9 Å². The predicted molar refractivity (Wildman–Crippen MR) is 75.5 cm³/mol. The van der Waals surface area contributed by atoms with Gasteiger partial charge in [0.1, 0.15) is 11.5 Å². The Bertz CT molecular complexity index is 626. The molecule has 0 saturated heterocycles. The third-order valence-electron chi connectivity index (χ3n) is 3.37. The molecule has 0 saturated carbocycles. The van der Waals surface area contributed by atoms with E-state index in [0.29, 0.717) is 6.42 Å². The van der Waals surface area contributed by atoms with Crippen LogP contribution in [0.2, 0.25) is 0 Å². The van der Waals surface area contributed by atoms with E-state index in [4.69, 9.17) is 4.42 Å². The van der Waals surface area contributed by atoms with E-state index in [1.165, 1.54) is 0 Å². The first-order valence-electron chi connectivity index (χ1n) is 6.53. The monoisotopic (exact) mass is 269 g/mol. The van der Waals surface area contributed by atoms with Gasteiger partial charge in [-0.3, -0.25) is 4.79 Å². The molecule has 1 aromatic carbocycles. The van der Waals surface area contributed by atoms with Crippen LogP contribution < -0.4 is 5.32 Å². The molecule has 1 aromatic heterocycles. The smallest absolute Gasteiger partial charge is 0.158 e. The van der Waals surface area contributed by atoms with Crippen LogP contribution in [0, 0.1) is 0 Å². The lowest BCUT2D eigenvalue weighted by molar-refractivity contribution is -0.115. The Hall–Kier alpha value is -2.49. The molecule has 0 spiro atoms. The lowest BCUT2D eigenvalue weighted by Gasteiger charge is -2.21. The van der Waals surface area contributed by atoms with Crippen LogP contribution in [0.5, 0.6) is 5.75 Å². The summed E-state index contributed by atoms with van der Waals surface area (Å²) in [5, 5.41) is 12.5. The molecule has 1 aliphatic rings. The average Bonchev–Trinajstić information content (AvgIpc) is 2.95. The van der Waals surface area contributed by atoms with Crippen molar-refractivity contribution in [3.8, 4) is 5.75 Å². The van der Waals surface area contributed by atoms with Gasteiger partial charge in [-0.05, 0) is 42.8 Å². The van der Waals surface area contributed by atoms with Gasteiger partial charge < -0.3 is 14.8 Å². The molecule has 4 heteroatoms. The quantitative estimate of drug-likeness (QED) is 0.838.